The van der Waals surface area contributed by atoms with Crippen LogP contribution in [0.15, 0.2) is 30.4 Å². The Hall–Kier alpha value is -2.09. The van der Waals surface area contributed by atoms with Gasteiger partial charge in [0.05, 0.1) is 31.1 Å². The molecule has 1 aromatic rings. The van der Waals surface area contributed by atoms with Crippen LogP contribution in [-0.2, 0) is 14.9 Å². The predicted octanol–water partition coefficient (Wildman–Crippen LogP) is 0.909. The Balaban J connectivity index is 1.85. The Morgan fingerprint density at radius 1 is 1.37 bits per heavy atom. The zero-order valence-electron chi connectivity index (χ0n) is 18.0. The Bertz CT molecular complexity index is 934. The van der Waals surface area contributed by atoms with Crippen molar-refractivity contribution in [2.24, 2.45) is 5.41 Å². The van der Waals surface area contributed by atoms with Crippen molar-refractivity contribution in [3.05, 3.63) is 35.9 Å². The fourth-order valence-electron chi connectivity index (χ4n) is 7.34. The largest absolute Gasteiger partial charge is 0.497 e. The van der Waals surface area contributed by atoms with Crippen molar-refractivity contribution >= 4 is 11.7 Å². The summed E-state index contributed by atoms with van der Waals surface area (Å²) in [5, 5.41) is 23.7. The zero-order chi connectivity index (χ0) is 21.5. The quantitative estimate of drug-likeness (QED) is 0.435. The van der Waals surface area contributed by atoms with E-state index in [4.69, 9.17) is 9.47 Å². The minimum atomic E-state index is -2.07. The highest BCUT2D eigenvalue weighted by Crippen LogP contribution is 2.66. The molecule has 1 spiro atoms. The van der Waals surface area contributed by atoms with Gasteiger partial charge in [-0.3, -0.25) is 0 Å². The lowest BCUT2D eigenvalue weighted by Crippen LogP contribution is -2.81. The highest BCUT2D eigenvalue weighted by Gasteiger charge is 2.82. The number of aliphatic hydroxyl groups is 2. The third-order valence-corrected chi connectivity index (χ3v) is 8.37. The smallest absolute Gasteiger partial charge is 0.342 e. The Kier molecular flexibility index (Phi) is 4.11. The van der Waals surface area contributed by atoms with Crippen LogP contribution in [0.2, 0.25) is 0 Å². The Morgan fingerprint density at radius 3 is 2.80 bits per heavy atom. The number of esters is 1. The molecule has 1 aliphatic carbocycles. The normalized spacial score (nSPS) is 41.3. The molecule has 30 heavy (non-hydrogen) atoms. The molecule has 4 aliphatic rings. The van der Waals surface area contributed by atoms with E-state index in [2.05, 4.69) is 17.0 Å². The molecule has 7 heteroatoms. The van der Waals surface area contributed by atoms with Crippen LogP contribution in [0.1, 0.15) is 25.3 Å². The summed E-state index contributed by atoms with van der Waals surface area (Å²) in [6.45, 7) is 3.67. The topological polar surface area (TPSA) is 85.1 Å². The molecule has 6 atom stereocenters. The first-order chi connectivity index (χ1) is 14.3. The van der Waals surface area contributed by atoms with Crippen molar-refractivity contribution in [1.82, 2.24) is 4.90 Å². The maximum atomic E-state index is 13.1. The summed E-state index contributed by atoms with van der Waals surface area (Å²) < 4.78 is 10.6. The van der Waals surface area contributed by atoms with Crippen LogP contribution >= 0.6 is 0 Å². The molecule has 2 N–H and O–H groups in total. The van der Waals surface area contributed by atoms with Gasteiger partial charge in [-0.1, -0.05) is 19.1 Å². The third kappa shape index (κ3) is 1.95. The number of fused-ring (bicyclic) bond motifs is 1. The van der Waals surface area contributed by atoms with Gasteiger partial charge in [-0.15, -0.1) is 0 Å². The number of hydrogen-bond acceptors (Lipinski definition) is 7. The number of likely N-dealkylation sites (N-methyl/N-ethyl adjacent to an activating group) is 1. The molecule has 0 bridgehead atoms. The van der Waals surface area contributed by atoms with Crippen LogP contribution in [0, 0.1) is 5.41 Å². The fraction of sp³-hybridized carbons (Fsp3) is 0.609. The van der Waals surface area contributed by atoms with E-state index in [1.807, 2.05) is 37.1 Å². The summed E-state index contributed by atoms with van der Waals surface area (Å²) in [4.78, 5) is 17.5. The van der Waals surface area contributed by atoms with Crippen molar-refractivity contribution in [3.8, 4) is 5.75 Å². The molecule has 3 aliphatic heterocycles. The lowest BCUT2D eigenvalue weighted by molar-refractivity contribution is -0.214. The molecule has 1 saturated heterocycles. The van der Waals surface area contributed by atoms with Gasteiger partial charge in [-0.2, -0.15) is 4.90 Å². The number of carbonyl (C=O) groups is 1. The number of nitrogens with zero attached hydrogens (tertiary/aromatic N) is 2. The highest BCUT2D eigenvalue weighted by molar-refractivity contribution is 5.86. The highest BCUT2D eigenvalue weighted by atomic mass is 16.5. The number of anilines is 1. The van der Waals surface area contributed by atoms with Gasteiger partial charge in [-0.25, -0.2) is 4.79 Å². The molecular weight excluding hydrogens is 384 g/mol. The first kappa shape index (κ1) is 19.8. The second-order valence-electron chi connectivity index (χ2n) is 9.17. The molecule has 6 unspecified atom stereocenters. The summed E-state index contributed by atoms with van der Waals surface area (Å²) in [5.41, 5.74) is -1.31. The fourth-order valence-corrected chi connectivity index (χ4v) is 7.34. The number of methoxy groups -OCH3 is 2. The predicted molar refractivity (Wildman–Crippen MR) is 112 cm³/mol. The van der Waals surface area contributed by atoms with Crippen LogP contribution in [0.5, 0.6) is 5.75 Å². The molecule has 7 nitrogen and oxygen atoms in total. The Labute approximate surface area is 176 Å². The minimum absolute atomic E-state index is 0.0259. The molecule has 0 amide bonds. The van der Waals surface area contributed by atoms with Gasteiger partial charge < -0.3 is 24.6 Å². The first-order valence-electron chi connectivity index (χ1n) is 10.6. The van der Waals surface area contributed by atoms with Crippen molar-refractivity contribution in [3.63, 3.8) is 0 Å². The van der Waals surface area contributed by atoms with Crippen LogP contribution in [0.25, 0.3) is 0 Å². The van der Waals surface area contributed by atoms with Gasteiger partial charge in [-0.05, 0) is 24.1 Å². The summed E-state index contributed by atoms with van der Waals surface area (Å²) in [6.07, 6.45) is 4.21. The lowest BCUT2D eigenvalue weighted by Gasteiger charge is -2.59. The lowest BCUT2D eigenvalue weighted by atomic mass is 9.48. The van der Waals surface area contributed by atoms with E-state index in [1.54, 1.807) is 7.11 Å². The van der Waals surface area contributed by atoms with E-state index in [9.17, 15) is 15.0 Å². The molecular formula is C23H30N2O5+. The van der Waals surface area contributed by atoms with Crippen molar-refractivity contribution in [2.75, 3.05) is 39.3 Å². The van der Waals surface area contributed by atoms with E-state index in [1.165, 1.54) is 7.11 Å². The third-order valence-electron chi connectivity index (χ3n) is 8.37. The van der Waals surface area contributed by atoms with Crippen LogP contribution < -0.4 is 14.5 Å². The van der Waals surface area contributed by atoms with Gasteiger partial charge in [0, 0.05) is 25.2 Å². The van der Waals surface area contributed by atoms with E-state index >= 15 is 0 Å². The number of aliphatic hydroxyl groups excluding tert-OH is 1. The summed E-state index contributed by atoms with van der Waals surface area (Å²) in [6, 6.07) is 5.31. The number of carbonyl (C=O) groups excluding carboxylic acids is 1. The van der Waals surface area contributed by atoms with E-state index in [0.717, 1.165) is 36.5 Å². The summed E-state index contributed by atoms with van der Waals surface area (Å²) in [7, 11) is 4.79. The number of benzene rings is 1. The number of hydrogen-bond donors (Lipinski definition) is 2. The van der Waals surface area contributed by atoms with E-state index in [-0.39, 0.29) is 6.04 Å². The van der Waals surface area contributed by atoms with E-state index in [0.29, 0.717) is 6.42 Å². The molecule has 1 saturated carbocycles. The van der Waals surface area contributed by atoms with Gasteiger partial charge in [0.2, 0.25) is 5.60 Å². The van der Waals surface area contributed by atoms with Crippen molar-refractivity contribution in [2.45, 2.75) is 49.0 Å². The second-order valence-corrected chi connectivity index (χ2v) is 9.17. The maximum Gasteiger partial charge on any atom is 0.342 e. The number of ether oxygens (including phenoxy) is 2. The van der Waals surface area contributed by atoms with Crippen LogP contribution in [0.4, 0.5) is 5.69 Å². The number of rotatable bonds is 3. The molecule has 1 aromatic carbocycles. The summed E-state index contributed by atoms with van der Waals surface area (Å²) in [5.74, 6) is -0.0624. The standard InChI is InChI=1S/C23H30N2O5/c1-5-21-9-6-11-25-12-10-22(17(21)25)15-8-7-14(29-3)13-16(15)24(2)18(22)23(28,19(21)26)20(27)30-4/h6-9,13,17-19,26,28H,5,10-12H2,1-4H3/q+1. The van der Waals surface area contributed by atoms with Gasteiger partial charge in [0.25, 0.3) is 0 Å². The molecule has 5 rings (SSSR count). The molecule has 3 heterocycles. The summed E-state index contributed by atoms with van der Waals surface area (Å²) >= 11 is 0. The van der Waals surface area contributed by atoms with Gasteiger partial charge >= 0.3 is 5.97 Å². The molecule has 161 valence electrons. The Morgan fingerprint density at radius 2 is 2.13 bits per heavy atom. The molecule has 1 radical (unpaired) electrons. The average molecular weight is 415 g/mol. The second kappa shape index (κ2) is 6.22. The van der Waals surface area contributed by atoms with Crippen molar-refractivity contribution in [1.29, 1.82) is 0 Å². The van der Waals surface area contributed by atoms with Crippen LogP contribution in [-0.4, -0.2) is 74.3 Å². The van der Waals surface area contributed by atoms with Crippen LogP contribution in [0.3, 0.4) is 0 Å². The maximum absolute atomic E-state index is 13.1. The molecule has 0 aromatic heterocycles. The van der Waals surface area contributed by atoms with Gasteiger partial charge in [0.15, 0.2) is 6.04 Å². The average Bonchev–Trinajstić information content (AvgIpc) is 3.28. The van der Waals surface area contributed by atoms with Crippen molar-refractivity contribution < 1.29 is 24.5 Å². The monoisotopic (exact) mass is 414 g/mol. The van der Waals surface area contributed by atoms with E-state index < -0.39 is 34.5 Å². The first-order valence-corrected chi connectivity index (χ1v) is 10.6. The minimum Gasteiger partial charge on any atom is -0.497 e. The SMILES string of the molecule is CCC12C=CC[N+]3CCC4(c5ccc(OC)cc5N(C)C4C(O)(C(=O)OC)C1O)C32. The van der Waals surface area contributed by atoms with Gasteiger partial charge in [0.1, 0.15) is 24.9 Å². The molecule has 2 fully saturated rings. The zero-order valence-corrected chi connectivity index (χ0v) is 18.0.